The second kappa shape index (κ2) is 6.12. The first-order chi connectivity index (χ1) is 8.08. The first-order valence-electron chi connectivity index (χ1n) is 4.96. The SMILES string of the molecule is COC(OC)C(=O)c1ccc(OC(C)=O)cc1. The largest absolute Gasteiger partial charge is 0.427 e. The molecule has 0 N–H and O–H groups in total. The molecule has 0 atom stereocenters. The lowest BCUT2D eigenvalue weighted by Crippen LogP contribution is -2.24. The maximum atomic E-state index is 11.8. The lowest BCUT2D eigenvalue weighted by molar-refractivity contribution is -0.131. The highest BCUT2D eigenvalue weighted by atomic mass is 16.7. The summed E-state index contributed by atoms with van der Waals surface area (Å²) in [5, 5.41) is 0. The van der Waals surface area contributed by atoms with E-state index in [-0.39, 0.29) is 5.78 Å². The van der Waals surface area contributed by atoms with E-state index in [9.17, 15) is 9.59 Å². The Balaban J connectivity index is 2.80. The van der Waals surface area contributed by atoms with Crippen molar-refractivity contribution in [3.63, 3.8) is 0 Å². The average Bonchev–Trinajstić information content (AvgIpc) is 2.30. The first-order valence-corrected chi connectivity index (χ1v) is 4.96. The quantitative estimate of drug-likeness (QED) is 0.336. The fraction of sp³-hybridized carbons (Fsp3) is 0.333. The topological polar surface area (TPSA) is 61.8 Å². The van der Waals surface area contributed by atoms with Gasteiger partial charge in [-0.3, -0.25) is 9.59 Å². The van der Waals surface area contributed by atoms with Crippen LogP contribution in [0.1, 0.15) is 17.3 Å². The zero-order valence-corrected chi connectivity index (χ0v) is 9.93. The van der Waals surface area contributed by atoms with E-state index in [1.165, 1.54) is 33.3 Å². The molecule has 5 heteroatoms. The van der Waals surface area contributed by atoms with Crippen molar-refractivity contribution < 1.29 is 23.8 Å². The molecule has 5 nitrogen and oxygen atoms in total. The van der Waals surface area contributed by atoms with E-state index in [0.717, 1.165) is 0 Å². The van der Waals surface area contributed by atoms with Gasteiger partial charge in [-0.1, -0.05) is 0 Å². The van der Waals surface area contributed by atoms with E-state index in [4.69, 9.17) is 14.2 Å². The van der Waals surface area contributed by atoms with Gasteiger partial charge >= 0.3 is 5.97 Å². The average molecular weight is 238 g/mol. The van der Waals surface area contributed by atoms with Crippen LogP contribution in [-0.2, 0) is 14.3 Å². The molecule has 0 aliphatic heterocycles. The van der Waals surface area contributed by atoms with E-state index in [1.54, 1.807) is 12.1 Å². The highest BCUT2D eigenvalue weighted by molar-refractivity contribution is 5.98. The van der Waals surface area contributed by atoms with Crippen LogP contribution in [0.3, 0.4) is 0 Å². The number of rotatable bonds is 5. The van der Waals surface area contributed by atoms with Crippen molar-refractivity contribution in [1.29, 1.82) is 0 Å². The van der Waals surface area contributed by atoms with Gasteiger partial charge in [0.1, 0.15) is 5.75 Å². The molecule has 1 aromatic rings. The first kappa shape index (κ1) is 13.3. The van der Waals surface area contributed by atoms with Gasteiger partial charge in [0.05, 0.1) is 0 Å². The summed E-state index contributed by atoms with van der Waals surface area (Å²) in [6, 6.07) is 6.17. The van der Waals surface area contributed by atoms with Crippen LogP contribution < -0.4 is 4.74 Å². The maximum Gasteiger partial charge on any atom is 0.308 e. The number of hydrogen-bond acceptors (Lipinski definition) is 5. The molecular weight excluding hydrogens is 224 g/mol. The number of carbonyl (C=O) groups is 2. The number of hydrogen-bond donors (Lipinski definition) is 0. The lowest BCUT2D eigenvalue weighted by Gasteiger charge is -2.11. The predicted molar refractivity (Wildman–Crippen MR) is 59.9 cm³/mol. The molecule has 0 spiro atoms. The zero-order valence-electron chi connectivity index (χ0n) is 9.93. The van der Waals surface area contributed by atoms with Gasteiger partial charge in [-0.15, -0.1) is 0 Å². The number of Topliss-reactive ketones (excluding diaryl/α,β-unsaturated/α-hetero) is 1. The fourth-order valence-electron chi connectivity index (χ4n) is 1.30. The molecule has 0 unspecified atom stereocenters. The van der Waals surface area contributed by atoms with Crippen LogP contribution in [0.15, 0.2) is 24.3 Å². The maximum absolute atomic E-state index is 11.8. The molecule has 0 fully saturated rings. The van der Waals surface area contributed by atoms with Crippen LogP contribution in [0.5, 0.6) is 5.75 Å². The summed E-state index contributed by atoms with van der Waals surface area (Å²) in [5.74, 6) is -0.305. The van der Waals surface area contributed by atoms with Crippen molar-refractivity contribution in [2.75, 3.05) is 14.2 Å². The molecule has 0 aliphatic rings. The number of carbonyl (C=O) groups excluding carboxylic acids is 2. The molecule has 17 heavy (non-hydrogen) atoms. The molecule has 0 heterocycles. The minimum Gasteiger partial charge on any atom is -0.427 e. The Morgan fingerprint density at radius 1 is 1.06 bits per heavy atom. The van der Waals surface area contributed by atoms with E-state index in [1.807, 2.05) is 0 Å². The lowest BCUT2D eigenvalue weighted by atomic mass is 10.1. The normalized spacial score (nSPS) is 10.4. The number of esters is 1. The van der Waals surface area contributed by atoms with E-state index in [2.05, 4.69) is 0 Å². The second-order valence-electron chi connectivity index (χ2n) is 3.29. The molecule has 0 saturated heterocycles. The number of benzene rings is 1. The highest BCUT2D eigenvalue weighted by Gasteiger charge is 2.18. The third kappa shape index (κ3) is 3.65. The molecule has 0 bridgehead atoms. The fourth-order valence-corrected chi connectivity index (χ4v) is 1.30. The van der Waals surface area contributed by atoms with Crippen molar-refractivity contribution in [2.45, 2.75) is 13.2 Å². The summed E-state index contributed by atoms with van der Waals surface area (Å²) >= 11 is 0. The monoisotopic (exact) mass is 238 g/mol. The van der Waals surface area contributed by atoms with Crippen LogP contribution in [0.2, 0.25) is 0 Å². The summed E-state index contributed by atoms with van der Waals surface area (Å²) < 4.78 is 14.6. The molecular formula is C12H14O5. The van der Waals surface area contributed by atoms with E-state index < -0.39 is 12.3 Å². The molecule has 0 aromatic heterocycles. The Bertz CT molecular complexity index is 392. The van der Waals surface area contributed by atoms with Gasteiger partial charge in [0.2, 0.25) is 12.1 Å². The van der Waals surface area contributed by atoms with Crippen molar-refractivity contribution in [2.24, 2.45) is 0 Å². The Labute approximate surface area is 99.3 Å². The number of ketones is 1. The Morgan fingerprint density at radius 3 is 2.00 bits per heavy atom. The summed E-state index contributed by atoms with van der Waals surface area (Å²) in [6.45, 7) is 1.31. The number of methoxy groups -OCH3 is 2. The van der Waals surface area contributed by atoms with Crippen LogP contribution in [0.4, 0.5) is 0 Å². The van der Waals surface area contributed by atoms with Gasteiger partial charge < -0.3 is 14.2 Å². The number of ether oxygens (including phenoxy) is 3. The minimum atomic E-state index is -0.922. The second-order valence-corrected chi connectivity index (χ2v) is 3.29. The van der Waals surface area contributed by atoms with Crippen LogP contribution in [-0.4, -0.2) is 32.3 Å². The van der Waals surface area contributed by atoms with Crippen molar-refractivity contribution in [3.8, 4) is 5.75 Å². The van der Waals surface area contributed by atoms with Gasteiger partial charge in [-0.2, -0.15) is 0 Å². The summed E-state index contributed by atoms with van der Waals surface area (Å²) in [5.41, 5.74) is 0.426. The molecule has 0 radical (unpaired) electrons. The van der Waals surface area contributed by atoms with E-state index >= 15 is 0 Å². The van der Waals surface area contributed by atoms with Gasteiger partial charge in [0.15, 0.2) is 0 Å². The van der Waals surface area contributed by atoms with Gasteiger partial charge in [0.25, 0.3) is 0 Å². The highest BCUT2D eigenvalue weighted by Crippen LogP contribution is 2.14. The molecule has 1 aromatic carbocycles. The standard InChI is InChI=1S/C12H14O5/c1-8(13)17-10-6-4-9(5-7-10)11(14)12(15-2)16-3/h4-7,12H,1-3H3. The smallest absolute Gasteiger partial charge is 0.308 e. The third-order valence-electron chi connectivity index (χ3n) is 2.04. The predicted octanol–water partition coefficient (Wildman–Crippen LogP) is 1.41. The Morgan fingerprint density at radius 2 is 1.59 bits per heavy atom. The van der Waals surface area contributed by atoms with Crippen molar-refractivity contribution in [1.82, 2.24) is 0 Å². The molecule has 0 aliphatic carbocycles. The van der Waals surface area contributed by atoms with Crippen LogP contribution >= 0.6 is 0 Å². The van der Waals surface area contributed by atoms with Gasteiger partial charge in [-0.05, 0) is 24.3 Å². The summed E-state index contributed by atoms with van der Waals surface area (Å²) in [7, 11) is 2.78. The Kier molecular flexibility index (Phi) is 4.81. The molecule has 0 amide bonds. The molecule has 0 saturated carbocycles. The zero-order chi connectivity index (χ0) is 12.8. The summed E-state index contributed by atoms with van der Waals surface area (Å²) in [4.78, 5) is 22.5. The van der Waals surface area contributed by atoms with Crippen molar-refractivity contribution >= 4 is 11.8 Å². The molecule has 92 valence electrons. The van der Waals surface area contributed by atoms with Gasteiger partial charge in [-0.25, -0.2) is 0 Å². The summed E-state index contributed by atoms with van der Waals surface area (Å²) in [6.07, 6.45) is -0.922. The van der Waals surface area contributed by atoms with Crippen LogP contribution in [0, 0.1) is 0 Å². The minimum absolute atomic E-state index is 0.288. The Hall–Kier alpha value is -1.72. The van der Waals surface area contributed by atoms with Gasteiger partial charge in [0, 0.05) is 26.7 Å². The van der Waals surface area contributed by atoms with E-state index in [0.29, 0.717) is 11.3 Å². The molecule has 1 rings (SSSR count). The van der Waals surface area contributed by atoms with Crippen LogP contribution in [0.25, 0.3) is 0 Å². The third-order valence-corrected chi connectivity index (χ3v) is 2.04. The van der Waals surface area contributed by atoms with Crippen molar-refractivity contribution in [3.05, 3.63) is 29.8 Å².